The van der Waals surface area contributed by atoms with E-state index in [1.807, 2.05) is 0 Å². The van der Waals surface area contributed by atoms with Crippen molar-refractivity contribution >= 4 is 26.7 Å². The van der Waals surface area contributed by atoms with Gasteiger partial charge < -0.3 is 9.72 Å². The Labute approximate surface area is 158 Å². The van der Waals surface area contributed by atoms with E-state index < -0.39 is 26.7 Å². The van der Waals surface area contributed by atoms with Crippen LogP contribution in [0.3, 0.4) is 0 Å². The van der Waals surface area contributed by atoms with Gasteiger partial charge in [-0.05, 0) is 43.2 Å². The molecular formula is C18H16F3N3O3S. The van der Waals surface area contributed by atoms with Crippen LogP contribution in [0, 0.1) is 0 Å². The number of H-pyrrole nitrogens is 1. The molecule has 2 heterocycles. The molecule has 0 aliphatic carbocycles. The number of fused-ring (bicyclic) bond motifs is 1. The lowest BCUT2D eigenvalue weighted by Crippen LogP contribution is -2.18. The Morgan fingerprint density at radius 3 is 2.68 bits per heavy atom. The minimum absolute atomic E-state index is 0.131. The maximum Gasteiger partial charge on any atom is 0.417 e. The van der Waals surface area contributed by atoms with Crippen LogP contribution in [0.5, 0.6) is 0 Å². The summed E-state index contributed by atoms with van der Waals surface area (Å²) in [5.41, 5.74) is 0.0942. The molecule has 148 valence electrons. The van der Waals surface area contributed by atoms with Gasteiger partial charge in [0.2, 0.25) is 0 Å². The molecule has 1 aliphatic heterocycles. The predicted octanol–water partition coefficient (Wildman–Crippen LogP) is 4.23. The molecule has 1 aromatic heterocycles. The summed E-state index contributed by atoms with van der Waals surface area (Å²) in [6.07, 6.45) is -3.14. The minimum Gasteiger partial charge on any atom is -0.370 e. The molecule has 4 rings (SSSR count). The van der Waals surface area contributed by atoms with Crippen LogP contribution in [0.1, 0.15) is 30.3 Å². The third kappa shape index (κ3) is 3.57. The monoisotopic (exact) mass is 411 g/mol. The molecule has 0 radical (unpaired) electrons. The molecule has 28 heavy (non-hydrogen) atoms. The van der Waals surface area contributed by atoms with Crippen LogP contribution in [0.15, 0.2) is 47.4 Å². The van der Waals surface area contributed by atoms with Crippen LogP contribution in [0.2, 0.25) is 0 Å². The van der Waals surface area contributed by atoms with Gasteiger partial charge in [-0.15, -0.1) is 0 Å². The van der Waals surface area contributed by atoms with E-state index in [0.29, 0.717) is 23.5 Å². The van der Waals surface area contributed by atoms with Crippen molar-refractivity contribution in [2.24, 2.45) is 0 Å². The number of alkyl halides is 3. The average Bonchev–Trinajstić information content (AvgIpc) is 3.29. The van der Waals surface area contributed by atoms with E-state index in [4.69, 9.17) is 4.74 Å². The first-order chi connectivity index (χ1) is 13.2. The van der Waals surface area contributed by atoms with E-state index in [0.717, 1.165) is 31.0 Å². The van der Waals surface area contributed by atoms with E-state index in [9.17, 15) is 21.6 Å². The van der Waals surface area contributed by atoms with Crippen LogP contribution < -0.4 is 4.72 Å². The lowest BCUT2D eigenvalue weighted by atomic mass is 10.2. The van der Waals surface area contributed by atoms with Crippen molar-refractivity contribution in [1.29, 1.82) is 0 Å². The quantitative estimate of drug-likeness (QED) is 0.673. The fraction of sp³-hybridized carbons (Fsp3) is 0.278. The normalized spacial score (nSPS) is 17.9. The van der Waals surface area contributed by atoms with Crippen molar-refractivity contribution in [3.63, 3.8) is 0 Å². The van der Waals surface area contributed by atoms with Gasteiger partial charge in [-0.3, -0.25) is 4.72 Å². The standard InChI is InChI=1S/C18H16F3N3O3S/c19-18(20,21)12-4-1-2-6-16(12)28(25,26)24-11-7-8-13-14(10-11)23-17(22-13)15-5-3-9-27-15/h1-2,4,6-8,10,15,24H,3,5,9H2,(H,22,23). The number of ether oxygens (including phenoxy) is 1. The van der Waals surface area contributed by atoms with Crippen molar-refractivity contribution in [3.8, 4) is 0 Å². The Hall–Kier alpha value is -2.59. The summed E-state index contributed by atoms with van der Waals surface area (Å²) in [4.78, 5) is 6.69. The third-order valence-electron chi connectivity index (χ3n) is 4.47. The molecule has 0 amide bonds. The number of aromatic amines is 1. The summed E-state index contributed by atoms with van der Waals surface area (Å²) in [6, 6.07) is 8.60. The second-order valence-corrected chi connectivity index (χ2v) is 8.11. The number of imidazole rings is 1. The Kier molecular flexibility index (Phi) is 4.54. The molecule has 0 saturated carbocycles. The number of nitrogens with one attached hydrogen (secondary N) is 2. The highest BCUT2D eigenvalue weighted by molar-refractivity contribution is 7.92. The van der Waals surface area contributed by atoms with E-state index in [-0.39, 0.29) is 11.8 Å². The highest BCUT2D eigenvalue weighted by Gasteiger charge is 2.37. The number of benzene rings is 2. The van der Waals surface area contributed by atoms with E-state index in [1.165, 1.54) is 18.2 Å². The second kappa shape index (κ2) is 6.78. The number of rotatable bonds is 4. The zero-order chi connectivity index (χ0) is 19.9. The van der Waals surface area contributed by atoms with Crippen molar-refractivity contribution in [2.45, 2.75) is 30.0 Å². The molecule has 6 nitrogen and oxygen atoms in total. The summed E-state index contributed by atoms with van der Waals surface area (Å²) in [5, 5.41) is 0. The fourth-order valence-electron chi connectivity index (χ4n) is 3.18. The first-order valence-corrected chi connectivity index (χ1v) is 10.0. The van der Waals surface area contributed by atoms with Gasteiger partial charge in [0.1, 0.15) is 11.9 Å². The fourth-order valence-corrected chi connectivity index (χ4v) is 4.46. The van der Waals surface area contributed by atoms with Gasteiger partial charge in [0.25, 0.3) is 10.0 Å². The summed E-state index contributed by atoms with van der Waals surface area (Å²) < 4.78 is 72.4. The summed E-state index contributed by atoms with van der Waals surface area (Å²) >= 11 is 0. The number of halogens is 3. The second-order valence-electron chi connectivity index (χ2n) is 6.46. The molecule has 1 aliphatic rings. The summed E-state index contributed by atoms with van der Waals surface area (Å²) in [6.45, 7) is 0.658. The van der Waals surface area contributed by atoms with Crippen LogP contribution in [-0.4, -0.2) is 25.0 Å². The summed E-state index contributed by atoms with van der Waals surface area (Å²) in [7, 11) is -4.43. The van der Waals surface area contributed by atoms with Crippen LogP contribution in [0.4, 0.5) is 18.9 Å². The Morgan fingerprint density at radius 2 is 1.96 bits per heavy atom. The Bertz CT molecular complexity index is 1120. The smallest absolute Gasteiger partial charge is 0.370 e. The molecule has 1 fully saturated rings. The number of anilines is 1. The maximum atomic E-state index is 13.2. The number of hydrogen-bond acceptors (Lipinski definition) is 4. The number of nitrogens with zero attached hydrogens (tertiary/aromatic N) is 1. The molecule has 2 aromatic carbocycles. The molecular weight excluding hydrogens is 395 g/mol. The van der Waals surface area contributed by atoms with Crippen molar-refractivity contribution in [1.82, 2.24) is 9.97 Å². The van der Waals surface area contributed by atoms with Gasteiger partial charge in [-0.1, -0.05) is 12.1 Å². The molecule has 3 aromatic rings. The van der Waals surface area contributed by atoms with Gasteiger partial charge in [-0.2, -0.15) is 13.2 Å². The van der Waals surface area contributed by atoms with Crippen molar-refractivity contribution in [3.05, 3.63) is 53.9 Å². The van der Waals surface area contributed by atoms with Gasteiger partial charge in [-0.25, -0.2) is 13.4 Å². The lowest BCUT2D eigenvalue weighted by Gasteiger charge is -2.14. The van der Waals surface area contributed by atoms with Crippen molar-refractivity contribution < 1.29 is 26.3 Å². The molecule has 1 atom stereocenters. The van der Waals surface area contributed by atoms with E-state index in [1.54, 1.807) is 6.07 Å². The number of hydrogen-bond donors (Lipinski definition) is 2. The highest BCUT2D eigenvalue weighted by atomic mass is 32.2. The molecule has 1 saturated heterocycles. The third-order valence-corrected chi connectivity index (χ3v) is 5.91. The van der Waals surface area contributed by atoms with Crippen LogP contribution in [0.25, 0.3) is 11.0 Å². The first-order valence-electron chi connectivity index (χ1n) is 8.54. The SMILES string of the molecule is O=S(=O)(Nc1ccc2nc(C3CCCO3)[nH]c2c1)c1ccccc1C(F)(F)F. The predicted molar refractivity (Wildman–Crippen MR) is 96.3 cm³/mol. The minimum atomic E-state index is -4.78. The van der Waals surface area contributed by atoms with Gasteiger partial charge >= 0.3 is 6.18 Å². The Balaban J connectivity index is 1.66. The van der Waals surface area contributed by atoms with Gasteiger partial charge in [0.05, 0.1) is 27.2 Å². The summed E-state index contributed by atoms with van der Waals surface area (Å²) in [5.74, 6) is 0.648. The molecule has 0 bridgehead atoms. The maximum absolute atomic E-state index is 13.2. The largest absolute Gasteiger partial charge is 0.417 e. The zero-order valence-electron chi connectivity index (χ0n) is 14.5. The molecule has 0 spiro atoms. The van der Waals surface area contributed by atoms with Crippen molar-refractivity contribution in [2.75, 3.05) is 11.3 Å². The Morgan fingerprint density at radius 1 is 1.18 bits per heavy atom. The van der Waals surface area contributed by atoms with Crippen LogP contribution >= 0.6 is 0 Å². The molecule has 10 heteroatoms. The lowest BCUT2D eigenvalue weighted by molar-refractivity contribution is -0.139. The van der Waals surface area contributed by atoms with E-state index >= 15 is 0 Å². The van der Waals surface area contributed by atoms with Gasteiger partial charge in [0, 0.05) is 6.61 Å². The zero-order valence-corrected chi connectivity index (χ0v) is 15.3. The molecule has 1 unspecified atom stereocenters. The topological polar surface area (TPSA) is 84.1 Å². The van der Waals surface area contributed by atoms with E-state index in [2.05, 4.69) is 14.7 Å². The highest BCUT2D eigenvalue weighted by Crippen LogP contribution is 2.35. The molecule has 2 N–H and O–H groups in total. The number of sulfonamides is 1. The average molecular weight is 411 g/mol. The number of aromatic nitrogens is 2. The first kappa shape index (κ1) is 18.8. The van der Waals surface area contributed by atoms with Crippen LogP contribution in [-0.2, 0) is 20.9 Å². The van der Waals surface area contributed by atoms with Gasteiger partial charge in [0.15, 0.2) is 0 Å².